The Hall–Kier alpha value is -1.50. The molecule has 6 heteroatoms. The second kappa shape index (κ2) is 6.78. The first-order valence-electron chi connectivity index (χ1n) is 6.81. The van der Waals surface area contributed by atoms with E-state index in [4.69, 9.17) is 15.3 Å². The monoisotopic (exact) mass is 279 g/mol. The molecule has 2 rings (SSSR count). The number of aromatic nitrogens is 1. The summed E-state index contributed by atoms with van der Waals surface area (Å²) in [7, 11) is 0. The molecule has 2 heterocycles. The molecule has 2 unspecified atom stereocenters. The Morgan fingerprint density at radius 3 is 2.70 bits per heavy atom. The minimum Gasteiger partial charge on any atom is -0.375 e. The largest absolute Gasteiger partial charge is 0.375 e. The molecule has 1 aromatic rings. The molecule has 1 amide bonds. The lowest BCUT2D eigenvalue weighted by molar-refractivity contribution is -0.106. The number of carbonyl (C=O) groups excluding carboxylic acids is 1. The van der Waals surface area contributed by atoms with Crippen LogP contribution in [0, 0.1) is 0 Å². The molecule has 1 aromatic heterocycles. The van der Waals surface area contributed by atoms with E-state index >= 15 is 0 Å². The van der Waals surface area contributed by atoms with E-state index in [-0.39, 0.29) is 24.2 Å². The van der Waals surface area contributed by atoms with Crippen molar-refractivity contribution in [2.24, 2.45) is 5.84 Å². The molecular formula is C14H21N3O3. The van der Waals surface area contributed by atoms with Crippen LogP contribution in [0.15, 0.2) is 18.3 Å². The van der Waals surface area contributed by atoms with E-state index in [0.717, 1.165) is 18.5 Å². The van der Waals surface area contributed by atoms with Crippen molar-refractivity contribution in [3.63, 3.8) is 0 Å². The molecule has 0 aliphatic carbocycles. The predicted molar refractivity (Wildman–Crippen MR) is 73.7 cm³/mol. The third kappa shape index (κ3) is 4.00. The molecule has 0 saturated carbocycles. The van der Waals surface area contributed by atoms with Gasteiger partial charge >= 0.3 is 0 Å². The van der Waals surface area contributed by atoms with Crippen molar-refractivity contribution in [1.82, 2.24) is 10.4 Å². The standard InChI is InChI=1S/C14H21N3O3/c1-9-5-13(6-10(2)20-9)19-8-12-4-3-11(7-16-12)14(18)17-15/h3-4,7,9-10,13H,5-6,8,15H2,1-2H3,(H,17,18). The molecule has 1 aliphatic heterocycles. The van der Waals surface area contributed by atoms with Gasteiger partial charge in [0.1, 0.15) is 0 Å². The molecule has 3 N–H and O–H groups in total. The van der Waals surface area contributed by atoms with Crippen LogP contribution in [0.1, 0.15) is 42.7 Å². The molecule has 1 fully saturated rings. The highest BCUT2D eigenvalue weighted by Crippen LogP contribution is 2.22. The van der Waals surface area contributed by atoms with Crippen LogP contribution in [0.3, 0.4) is 0 Å². The number of nitrogens with two attached hydrogens (primary N) is 1. The van der Waals surface area contributed by atoms with Crippen LogP contribution in [-0.2, 0) is 16.1 Å². The number of nitrogens with zero attached hydrogens (tertiary/aromatic N) is 1. The van der Waals surface area contributed by atoms with Crippen LogP contribution in [0.25, 0.3) is 0 Å². The SMILES string of the molecule is CC1CC(OCc2ccc(C(=O)NN)cn2)CC(C)O1. The second-order valence-electron chi connectivity index (χ2n) is 5.17. The number of hydrogen-bond acceptors (Lipinski definition) is 5. The average Bonchev–Trinajstić information content (AvgIpc) is 2.44. The Labute approximate surface area is 118 Å². The highest BCUT2D eigenvalue weighted by Gasteiger charge is 2.24. The summed E-state index contributed by atoms with van der Waals surface area (Å²) in [6, 6.07) is 3.46. The number of hydrogen-bond donors (Lipinski definition) is 2. The number of pyridine rings is 1. The fourth-order valence-corrected chi connectivity index (χ4v) is 2.41. The molecule has 20 heavy (non-hydrogen) atoms. The first-order chi connectivity index (χ1) is 9.58. The number of nitrogens with one attached hydrogen (secondary N) is 1. The Balaban J connectivity index is 1.86. The van der Waals surface area contributed by atoms with Crippen LogP contribution in [0.2, 0.25) is 0 Å². The lowest BCUT2D eigenvalue weighted by atomic mass is 10.0. The minimum atomic E-state index is -0.350. The van der Waals surface area contributed by atoms with Gasteiger partial charge in [-0.05, 0) is 38.8 Å². The van der Waals surface area contributed by atoms with Crippen molar-refractivity contribution in [3.8, 4) is 0 Å². The topological polar surface area (TPSA) is 86.5 Å². The molecular weight excluding hydrogens is 258 g/mol. The van der Waals surface area contributed by atoms with Crippen LogP contribution in [0.4, 0.5) is 0 Å². The highest BCUT2D eigenvalue weighted by molar-refractivity contribution is 5.93. The molecule has 2 atom stereocenters. The maximum atomic E-state index is 11.3. The quantitative estimate of drug-likeness (QED) is 0.490. The third-order valence-corrected chi connectivity index (χ3v) is 3.34. The summed E-state index contributed by atoms with van der Waals surface area (Å²) in [5.41, 5.74) is 3.30. The predicted octanol–water partition coefficient (Wildman–Crippen LogP) is 1.16. The van der Waals surface area contributed by atoms with Gasteiger partial charge in [0.2, 0.25) is 0 Å². The number of ether oxygens (including phenoxy) is 2. The number of carbonyl (C=O) groups is 1. The van der Waals surface area contributed by atoms with E-state index in [1.54, 1.807) is 12.1 Å². The summed E-state index contributed by atoms with van der Waals surface area (Å²) in [6.45, 7) is 4.56. The third-order valence-electron chi connectivity index (χ3n) is 3.34. The van der Waals surface area contributed by atoms with Gasteiger partial charge in [0.05, 0.1) is 36.2 Å². The maximum Gasteiger partial charge on any atom is 0.266 e. The van der Waals surface area contributed by atoms with E-state index in [1.165, 1.54) is 6.20 Å². The molecule has 1 saturated heterocycles. The van der Waals surface area contributed by atoms with Crippen LogP contribution in [0.5, 0.6) is 0 Å². The Morgan fingerprint density at radius 2 is 2.15 bits per heavy atom. The van der Waals surface area contributed by atoms with Gasteiger partial charge in [-0.2, -0.15) is 0 Å². The summed E-state index contributed by atoms with van der Waals surface area (Å²) in [5.74, 6) is 4.71. The van der Waals surface area contributed by atoms with Crippen molar-refractivity contribution < 1.29 is 14.3 Å². The summed E-state index contributed by atoms with van der Waals surface area (Å²) in [5, 5.41) is 0. The second-order valence-corrected chi connectivity index (χ2v) is 5.17. The lowest BCUT2D eigenvalue weighted by Crippen LogP contribution is -2.34. The van der Waals surface area contributed by atoms with Gasteiger partial charge in [0.15, 0.2) is 0 Å². The van der Waals surface area contributed by atoms with Gasteiger partial charge in [-0.15, -0.1) is 0 Å². The zero-order valence-corrected chi connectivity index (χ0v) is 11.8. The van der Waals surface area contributed by atoms with E-state index in [2.05, 4.69) is 24.3 Å². The van der Waals surface area contributed by atoms with Crippen molar-refractivity contribution in [2.45, 2.75) is 51.6 Å². The molecule has 0 radical (unpaired) electrons. The first kappa shape index (κ1) is 14.9. The molecule has 110 valence electrons. The molecule has 1 aliphatic rings. The smallest absolute Gasteiger partial charge is 0.266 e. The average molecular weight is 279 g/mol. The van der Waals surface area contributed by atoms with Crippen molar-refractivity contribution in [1.29, 1.82) is 0 Å². The normalized spacial score (nSPS) is 26.2. The lowest BCUT2D eigenvalue weighted by Gasteiger charge is -2.31. The van der Waals surface area contributed by atoms with Gasteiger partial charge in [-0.3, -0.25) is 15.2 Å². The van der Waals surface area contributed by atoms with E-state index in [1.807, 2.05) is 0 Å². The van der Waals surface area contributed by atoms with Crippen LogP contribution in [-0.4, -0.2) is 29.2 Å². The summed E-state index contributed by atoms with van der Waals surface area (Å²) >= 11 is 0. The number of hydrazine groups is 1. The highest BCUT2D eigenvalue weighted by atomic mass is 16.5. The fraction of sp³-hybridized carbons (Fsp3) is 0.571. The number of nitrogen functional groups attached to an aromatic ring is 1. The minimum absolute atomic E-state index is 0.197. The van der Waals surface area contributed by atoms with Gasteiger partial charge < -0.3 is 9.47 Å². The van der Waals surface area contributed by atoms with Gasteiger partial charge in [0, 0.05) is 6.20 Å². The van der Waals surface area contributed by atoms with Crippen molar-refractivity contribution in [2.75, 3.05) is 0 Å². The Morgan fingerprint density at radius 1 is 1.45 bits per heavy atom. The van der Waals surface area contributed by atoms with Gasteiger partial charge in [-0.25, -0.2) is 5.84 Å². The van der Waals surface area contributed by atoms with E-state index in [0.29, 0.717) is 12.2 Å². The van der Waals surface area contributed by atoms with Crippen molar-refractivity contribution >= 4 is 5.91 Å². The van der Waals surface area contributed by atoms with Gasteiger partial charge in [0.25, 0.3) is 5.91 Å². The van der Waals surface area contributed by atoms with E-state index in [9.17, 15) is 4.79 Å². The van der Waals surface area contributed by atoms with Crippen LogP contribution >= 0.6 is 0 Å². The fourth-order valence-electron chi connectivity index (χ4n) is 2.41. The van der Waals surface area contributed by atoms with E-state index < -0.39 is 0 Å². The number of amides is 1. The van der Waals surface area contributed by atoms with Crippen LogP contribution < -0.4 is 11.3 Å². The van der Waals surface area contributed by atoms with Gasteiger partial charge in [-0.1, -0.05) is 0 Å². The summed E-state index contributed by atoms with van der Waals surface area (Å²) < 4.78 is 11.5. The molecule has 0 spiro atoms. The number of rotatable bonds is 4. The maximum absolute atomic E-state index is 11.3. The zero-order chi connectivity index (χ0) is 14.5. The Kier molecular flexibility index (Phi) is 5.05. The molecule has 6 nitrogen and oxygen atoms in total. The summed E-state index contributed by atoms with van der Waals surface area (Å²) in [6.07, 6.45) is 3.95. The zero-order valence-electron chi connectivity index (χ0n) is 11.8. The summed E-state index contributed by atoms with van der Waals surface area (Å²) in [4.78, 5) is 15.5. The molecule has 0 aromatic carbocycles. The first-order valence-corrected chi connectivity index (χ1v) is 6.81. The Bertz CT molecular complexity index is 439. The molecule has 0 bridgehead atoms. The van der Waals surface area contributed by atoms with Crippen molar-refractivity contribution in [3.05, 3.63) is 29.6 Å².